The minimum Gasteiger partial charge on any atom is -0.469 e. The summed E-state index contributed by atoms with van der Waals surface area (Å²) in [6.45, 7) is 2.68. The van der Waals surface area contributed by atoms with Crippen molar-refractivity contribution in [3.8, 4) is 0 Å². The lowest BCUT2D eigenvalue weighted by Gasteiger charge is -2.16. The van der Waals surface area contributed by atoms with Gasteiger partial charge in [-0.25, -0.2) is 0 Å². The van der Waals surface area contributed by atoms with E-state index in [0.717, 1.165) is 5.56 Å². The topological polar surface area (TPSA) is 52.3 Å². The number of carbonyl (C=O) groups is 1. The highest BCUT2D eigenvalue weighted by Gasteiger charge is 2.21. The van der Waals surface area contributed by atoms with Crippen LogP contribution in [0.2, 0.25) is 0 Å². The molecule has 94 valence electrons. The Morgan fingerprint density at radius 3 is 2.59 bits per heavy atom. The fourth-order valence-electron chi connectivity index (χ4n) is 1.46. The van der Waals surface area contributed by atoms with Crippen LogP contribution in [0.5, 0.6) is 0 Å². The molecular weight excluding hydrogens is 234 g/mol. The molecular formula is C13H19NO2S. The average Bonchev–Trinajstić information content (AvgIpc) is 2.39. The second-order valence-electron chi connectivity index (χ2n) is 3.87. The smallest absolute Gasteiger partial charge is 0.313 e. The maximum Gasteiger partial charge on any atom is 0.313 e. The van der Waals surface area contributed by atoms with Gasteiger partial charge in [0.15, 0.2) is 0 Å². The van der Waals surface area contributed by atoms with Crippen LogP contribution in [-0.2, 0) is 9.53 Å². The molecule has 2 atom stereocenters. The van der Waals surface area contributed by atoms with Crippen molar-refractivity contribution in [2.24, 2.45) is 5.73 Å². The maximum absolute atomic E-state index is 11.7. The number of rotatable bonds is 6. The van der Waals surface area contributed by atoms with Gasteiger partial charge in [-0.3, -0.25) is 4.79 Å². The Kier molecular flexibility index (Phi) is 6.08. The molecule has 0 bridgehead atoms. The number of esters is 1. The first-order valence-electron chi connectivity index (χ1n) is 5.63. The zero-order chi connectivity index (χ0) is 12.7. The lowest BCUT2D eigenvalue weighted by atomic mass is 10.0. The van der Waals surface area contributed by atoms with Gasteiger partial charge >= 0.3 is 5.97 Å². The summed E-state index contributed by atoms with van der Waals surface area (Å²) in [5.41, 5.74) is 6.56. The predicted molar refractivity (Wildman–Crippen MR) is 72.2 cm³/mol. The van der Waals surface area contributed by atoms with E-state index in [9.17, 15) is 4.79 Å². The molecule has 1 aromatic rings. The van der Waals surface area contributed by atoms with Crippen molar-refractivity contribution in [3.63, 3.8) is 0 Å². The summed E-state index contributed by atoms with van der Waals surface area (Å²) in [6.07, 6.45) is 0. The van der Waals surface area contributed by atoms with Crippen LogP contribution in [0, 0.1) is 0 Å². The van der Waals surface area contributed by atoms with E-state index in [-0.39, 0.29) is 11.9 Å². The van der Waals surface area contributed by atoms with E-state index >= 15 is 0 Å². The molecule has 0 radical (unpaired) electrons. The maximum atomic E-state index is 11.7. The highest BCUT2D eigenvalue weighted by atomic mass is 32.2. The minimum atomic E-state index is -0.208. The van der Waals surface area contributed by atoms with Crippen LogP contribution in [0.1, 0.15) is 18.4 Å². The summed E-state index contributed by atoms with van der Waals surface area (Å²) >= 11 is 1.70. The number of hydrogen-bond acceptors (Lipinski definition) is 4. The van der Waals surface area contributed by atoms with E-state index in [4.69, 9.17) is 10.5 Å². The van der Waals surface area contributed by atoms with Crippen molar-refractivity contribution < 1.29 is 9.53 Å². The van der Waals surface area contributed by atoms with Crippen molar-refractivity contribution in [2.45, 2.75) is 18.1 Å². The summed E-state index contributed by atoms with van der Waals surface area (Å²) in [5, 5.41) is 0.353. The number of carbonyl (C=O) groups excluding carboxylic acids is 1. The molecule has 3 nitrogen and oxygen atoms in total. The molecule has 2 N–H and O–H groups in total. The molecule has 0 aromatic heterocycles. The van der Waals surface area contributed by atoms with E-state index in [1.165, 1.54) is 7.11 Å². The molecule has 2 unspecified atom stereocenters. The monoisotopic (exact) mass is 253 g/mol. The molecule has 0 fully saturated rings. The van der Waals surface area contributed by atoms with E-state index in [2.05, 4.69) is 6.92 Å². The summed E-state index contributed by atoms with van der Waals surface area (Å²) in [5.74, 6) is 0.308. The second kappa shape index (κ2) is 7.35. The summed E-state index contributed by atoms with van der Waals surface area (Å²) in [7, 11) is 1.43. The van der Waals surface area contributed by atoms with Crippen LogP contribution in [0.25, 0.3) is 0 Å². The third kappa shape index (κ3) is 4.40. The molecule has 0 saturated carbocycles. The Balaban J connectivity index is 2.71. The van der Waals surface area contributed by atoms with Gasteiger partial charge < -0.3 is 10.5 Å². The highest BCUT2D eigenvalue weighted by Crippen LogP contribution is 2.24. The largest absolute Gasteiger partial charge is 0.469 e. The number of thioether (sulfide) groups is 1. The van der Waals surface area contributed by atoms with E-state index < -0.39 is 0 Å². The van der Waals surface area contributed by atoms with Crippen molar-refractivity contribution in [3.05, 3.63) is 35.9 Å². The number of hydrogen-bond donors (Lipinski definition) is 1. The SMILES string of the molecule is COC(=O)C(CSC(C)CN)c1ccccc1. The van der Waals surface area contributed by atoms with Gasteiger partial charge in [-0.1, -0.05) is 37.3 Å². The quantitative estimate of drug-likeness (QED) is 0.788. The average molecular weight is 253 g/mol. The predicted octanol–water partition coefficient (Wildman–Crippen LogP) is 2.02. The van der Waals surface area contributed by atoms with Crippen LogP contribution in [0.15, 0.2) is 30.3 Å². The van der Waals surface area contributed by atoms with Crippen LogP contribution in [0.3, 0.4) is 0 Å². The molecule has 1 aromatic carbocycles. The van der Waals surface area contributed by atoms with Crippen molar-refractivity contribution in [2.75, 3.05) is 19.4 Å². The Morgan fingerprint density at radius 1 is 1.41 bits per heavy atom. The van der Waals surface area contributed by atoms with Crippen LogP contribution in [0.4, 0.5) is 0 Å². The molecule has 0 heterocycles. The lowest BCUT2D eigenvalue weighted by Crippen LogP contribution is -2.20. The van der Waals surface area contributed by atoms with Crippen LogP contribution in [-0.4, -0.2) is 30.6 Å². The fourth-order valence-corrected chi connectivity index (χ4v) is 2.44. The third-order valence-corrected chi connectivity index (χ3v) is 3.85. The Morgan fingerprint density at radius 2 is 2.06 bits per heavy atom. The molecule has 4 heteroatoms. The molecule has 0 amide bonds. The normalized spacial score (nSPS) is 14.1. The number of nitrogens with two attached hydrogens (primary N) is 1. The van der Waals surface area contributed by atoms with Gasteiger partial charge in [0, 0.05) is 17.5 Å². The van der Waals surface area contributed by atoms with Crippen molar-refractivity contribution >= 4 is 17.7 Å². The molecule has 0 saturated heterocycles. The number of benzene rings is 1. The first-order valence-corrected chi connectivity index (χ1v) is 6.68. The molecule has 1 rings (SSSR count). The van der Waals surface area contributed by atoms with Gasteiger partial charge in [0.25, 0.3) is 0 Å². The van der Waals surface area contributed by atoms with Crippen molar-refractivity contribution in [1.29, 1.82) is 0 Å². The van der Waals surface area contributed by atoms with E-state index in [0.29, 0.717) is 17.5 Å². The van der Waals surface area contributed by atoms with Gasteiger partial charge in [0.2, 0.25) is 0 Å². The summed E-state index contributed by atoms with van der Waals surface area (Å²) in [4.78, 5) is 11.7. The second-order valence-corrected chi connectivity index (χ2v) is 5.34. The molecule has 17 heavy (non-hydrogen) atoms. The molecule has 0 aliphatic rings. The van der Waals surface area contributed by atoms with Crippen molar-refractivity contribution in [1.82, 2.24) is 0 Å². The van der Waals surface area contributed by atoms with Gasteiger partial charge in [-0.05, 0) is 5.56 Å². The standard InChI is InChI=1S/C13H19NO2S/c1-10(8-14)17-9-12(13(15)16-2)11-6-4-3-5-7-11/h3-7,10,12H,8-9,14H2,1-2H3. The molecule has 0 aliphatic heterocycles. The number of methoxy groups -OCH3 is 1. The van der Waals surface area contributed by atoms with Gasteiger partial charge in [-0.2, -0.15) is 11.8 Å². The summed E-state index contributed by atoms with van der Waals surface area (Å²) < 4.78 is 4.85. The zero-order valence-electron chi connectivity index (χ0n) is 10.3. The minimum absolute atomic E-state index is 0.187. The fraction of sp³-hybridized carbons (Fsp3) is 0.462. The molecule has 0 spiro atoms. The highest BCUT2D eigenvalue weighted by molar-refractivity contribution is 7.99. The third-order valence-electron chi connectivity index (χ3n) is 2.57. The van der Waals surface area contributed by atoms with Gasteiger partial charge in [-0.15, -0.1) is 0 Å². The number of ether oxygens (including phenoxy) is 1. The van der Waals surface area contributed by atoms with E-state index in [1.807, 2.05) is 30.3 Å². The summed E-state index contributed by atoms with van der Waals surface area (Å²) in [6, 6.07) is 9.71. The van der Waals surface area contributed by atoms with Gasteiger partial charge in [0.1, 0.15) is 0 Å². The lowest BCUT2D eigenvalue weighted by molar-refractivity contribution is -0.141. The Bertz CT molecular complexity index is 343. The van der Waals surface area contributed by atoms with E-state index in [1.54, 1.807) is 11.8 Å². The zero-order valence-corrected chi connectivity index (χ0v) is 11.1. The Labute approximate surface area is 107 Å². The van der Waals surface area contributed by atoms with Gasteiger partial charge in [0.05, 0.1) is 13.0 Å². The first-order chi connectivity index (χ1) is 8.19. The first kappa shape index (κ1) is 14.1. The van der Waals surface area contributed by atoms with Crippen LogP contribution < -0.4 is 5.73 Å². The molecule has 0 aliphatic carbocycles. The van der Waals surface area contributed by atoms with Crippen LogP contribution >= 0.6 is 11.8 Å². The Hall–Kier alpha value is -1.00.